The molecular weight excluding hydrogens is 574 g/mol. The van der Waals surface area contributed by atoms with Gasteiger partial charge in [-0.3, -0.25) is 0 Å². The standard InChI is InChI=1S/C43H25N3O/c1-2-9-28-23-30(14-13-26(28)7-1)41-44-42(46-43(45-41)32-18-22-40-38(25-32)37-11-5-6-12-39(37)47-40)31-17-19-34-29(24-31)16-21-35-33-10-4-3-8-27(33)15-20-36(34)35/h1-25H. The number of fused-ring (bicyclic) bond motifs is 9. The molecule has 0 spiro atoms. The number of para-hydroxylation sites is 1. The molecule has 0 saturated heterocycles. The molecule has 0 aliphatic heterocycles. The van der Waals surface area contributed by atoms with Crippen molar-refractivity contribution in [1.82, 2.24) is 15.0 Å². The lowest BCUT2D eigenvalue weighted by atomic mass is 9.96. The summed E-state index contributed by atoms with van der Waals surface area (Å²) in [6, 6.07) is 53.0. The Bertz CT molecular complexity index is 2870. The number of hydrogen-bond donors (Lipinski definition) is 0. The first-order chi connectivity index (χ1) is 23.2. The summed E-state index contributed by atoms with van der Waals surface area (Å²) in [7, 11) is 0. The molecule has 2 heterocycles. The molecule has 0 bridgehead atoms. The highest BCUT2D eigenvalue weighted by molar-refractivity contribution is 6.17. The van der Waals surface area contributed by atoms with Gasteiger partial charge in [-0.15, -0.1) is 0 Å². The van der Waals surface area contributed by atoms with Crippen LogP contribution in [0.2, 0.25) is 0 Å². The van der Waals surface area contributed by atoms with Gasteiger partial charge >= 0.3 is 0 Å². The van der Waals surface area contributed by atoms with Crippen LogP contribution in [0, 0.1) is 0 Å². The van der Waals surface area contributed by atoms with Crippen molar-refractivity contribution in [2.24, 2.45) is 0 Å². The van der Waals surface area contributed by atoms with Crippen molar-refractivity contribution in [2.45, 2.75) is 0 Å². The fourth-order valence-electron chi connectivity index (χ4n) is 6.92. The third-order valence-electron chi connectivity index (χ3n) is 9.28. The van der Waals surface area contributed by atoms with E-state index in [2.05, 4.69) is 121 Å². The van der Waals surface area contributed by atoms with Gasteiger partial charge in [-0.2, -0.15) is 0 Å². The molecule has 0 unspecified atom stereocenters. The van der Waals surface area contributed by atoms with Gasteiger partial charge in [-0.25, -0.2) is 15.0 Å². The van der Waals surface area contributed by atoms with Crippen molar-refractivity contribution in [3.05, 3.63) is 152 Å². The van der Waals surface area contributed by atoms with E-state index in [1.54, 1.807) is 0 Å². The lowest BCUT2D eigenvalue weighted by Crippen LogP contribution is -2.00. The maximum absolute atomic E-state index is 6.11. The number of aromatic nitrogens is 3. The van der Waals surface area contributed by atoms with E-state index in [1.165, 1.54) is 32.3 Å². The van der Waals surface area contributed by atoms with E-state index >= 15 is 0 Å². The van der Waals surface area contributed by atoms with Crippen LogP contribution in [0.4, 0.5) is 0 Å². The molecule has 0 fully saturated rings. The van der Waals surface area contributed by atoms with Gasteiger partial charge in [0.25, 0.3) is 0 Å². The Balaban J connectivity index is 1.17. The van der Waals surface area contributed by atoms with E-state index in [0.29, 0.717) is 17.5 Å². The predicted molar refractivity (Wildman–Crippen MR) is 193 cm³/mol. The monoisotopic (exact) mass is 599 g/mol. The van der Waals surface area contributed by atoms with Crippen LogP contribution in [-0.4, -0.2) is 15.0 Å². The van der Waals surface area contributed by atoms with Crippen molar-refractivity contribution in [3.63, 3.8) is 0 Å². The summed E-state index contributed by atoms with van der Waals surface area (Å²) in [6.45, 7) is 0. The molecule has 4 heteroatoms. The van der Waals surface area contributed by atoms with Crippen LogP contribution in [0.3, 0.4) is 0 Å². The fraction of sp³-hybridized carbons (Fsp3) is 0. The number of benzene rings is 8. The minimum atomic E-state index is 0.621. The third-order valence-corrected chi connectivity index (χ3v) is 9.28. The van der Waals surface area contributed by atoms with E-state index in [-0.39, 0.29) is 0 Å². The Morgan fingerprint density at radius 2 is 0.787 bits per heavy atom. The Kier molecular flexibility index (Phi) is 5.54. The van der Waals surface area contributed by atoms with E-state index in [0.717, 1.165) is 49.4 Å². The van der Waals surface area contributed by atoms with E-state index < -0.39 is 0 Å². The van der Waals surface area contributed by atoms with Gasteiger partial charge in [0, 0.05) is 27.5 Å². The van der Waals surface area contributed by atoms with Crippen molar-refractivity contribution >= 4 is 65.0 Å². The molecule has 0 amide bonds. The summed E-state index contributed by atoms with van der Waals surface area (Å²) in [6.07, 6.45) is 0. The van der Waals surface area contributed by atoms with Gasteiger partial charge in [0.15, 0.2) is 17.5 Å². The van der Waals surface area contributed by atoms with E-state index in [9.17, 15) is 0 Å². The van der Waals surface area contributed by atoms with Gasteiger partial charge in [0.05, 0.1) is 0 Å². The first-order valence-electron chi connectivity index (χ1n) is 15.8. The quantitative estimate of drug-likeness (QED) is 0.190. The van der Waals surface area contributed by atoms with Gasteiger partial charge in [-0.05, 0) is 79.5 Å². The second-order valence-electron chi connectivity index (χ2n) is 12.1. The SMILES string of the molecule is c1ccc2cc(-c3nc(-c4ccc5c(ccc6c7ccccc7ccc56)c4)nc(-c4ccc5oc6ccccc6c5c4)n3)ccc2c1. The van der Waals surface area contributed by atoms with Crippen LogP contribution in [0.5, 0.6) is 0 Å². The average Bonchev–Trinajstić information content (AvgIpc) is 3.52. The zero-order valence-corrected chi connectivity index (χ0v) is 25.2. The normalized spacial score (nSPS) is 11.8. The molecule has 0 aliphatic rings. The predicted octanol–water partition coefficient (Wildman–Crippen LogP) is 11.4. The van der Waals surface area contributed by atoms with Crippen LogP contribution in [0.1, 0.15) is 0 Å². The molecule has 4 nitrogen and oxygen atoms in total. The molecule has 218 valence electrons. The van der Waals surface area contributed by atoms with Crippen LogP contribution in [-0.2, 0) is 0 Å². The van der Waals surface area contributed by atoms with Crippen LogP contribution < -0.4 is 0 Å². The molecule has 0 saturated carbocycles. The van der Waals surface area contributed by atoms with E-state index in [1.807, 2.05) is 30.3 Å². The number of furan rings is 1. The highest BCUT2D eigenvalue weighted by Crippen LogP contribution is 2.35. The van der Waals surface area contributed by atoms with E-state index in [4.69, 9.17) is 19.4 Å². The molecular formula is C43H25N3O. The summed E-state index contributed by atoms with van der Waals surface area (Å²) in [5.41, 5.74) is 4.51. The van der Waals surface area contributed by atoms with Crippen molar-refractivity contribution in [3.8, 4) is 34.2 Å². The summed E-state index contributed by atoms with van der Waals surface area (Å²) in [5.74, 6) is 1.89. The fourth-order valence-corrected chi connectivity index (χ4v) is 6.92. The summed E-state index contributed by atoms with van der Waals surface area (Å²) >= 11 is 0. The number of hydrogen-bond acceptors (Lipinski definition) is 4. The Morgan fingerprint density at radius 3 is 1.57 bits per heavy atom. The molecule has 8 aromatic carbocycles. The van der Waals surface area contributed by atoms with Crippen LogP contribution >= 0.6 is 0 Å². The summed E-state index contributed by atoms with van der Waals surface area (Å²) < 4.78 is 6.11. The number of rotatable bonds is 3. The molecule has 2 aromatic heterocycles. The number of nitrogens with zero attached hydrogens (tertiary/aromatic N) is 3. The molecule has 0 N–H and O–H groups in total. The van der Waals surface area contributed by atoms with Crippen molar-refractivity contribution in [1.29, 1.82) is 0 Å². The first kappa shape index (κ1) is 25.9. The third kappa shape index (κ3) is 4.19. The smallest absolute Gasteiger partial charge is 0.164 e. The lowest BCUT2D eigenvalue weighted by Gasteiger charge is -2.11. The van der Waals surface area contributed by atoms with Crippen LogP contribution in [0.25, 0.3) is 99.2 Å². The Hall–Kier alpha value is -6.39. The zero-order valence-electron chi connectivity index (χ0n) is 25.2. The van der Waals surface area contributed by atoms with Crippen LogP contribution in [0.15, 0.2) is 156 Å². The molecule has 0 atom stereocenters. The van der Waals surface area contributed by atoms with Crippen molar-refractivity contribution in [2.75, 3.05) is 0 Å². The van der Waals surface area contributed by atoms with Crippen molar-refractivity contribution < 1.29 is 4.42 Å². The summed E-state index contributed by atoms with van der Waals surface area (Å²) in [4.78, 5) is 15.2. The Morgan fingerprint density at radius 1 is 0.298 bits per heavy atom. The minimum absolute atomic E-state index is 0.621. The second-order valence-corrected chi connectivity index (χ2v) is 12.1. The first-order valence-corrected chi connectivity index (χ1v) is 15.8. The topological polar surface area (TPSA) is 51.8 Å². The lowest BCUT2D eigenvalue weighted by molar-refractivity contribution is 0.669. The average molecular weight is 600 g/mol. The largest absolute Gasteiger partial charge is 0.456 e. The second kappa shape index (κ2) is 10.1. The van der Waals surface area contributed by atoms with Gasteiger partial charge in [0.1, 0.15) is 11.2 Å². The molecule has 10 rings (SSSR count). The zero-order chi connectivity index (χ0) is 30.9. The Labute approximate surface area is 269 Å². The molecule has 47 heavy (non-hydrogen) atoms. The minimum Gasteiger partial charge on any atom is -0.456 e. The van der Waals surface area contributed by atoms with Gasteiger partial charge in [0.2, 0.25) is 0 Å². The molecule has 0 radical (unpaired) electrons. The maximum atomic E-state index is 6.11. The molecule has 0 aliphatic carbocycles. The van der Waals surface area contributed by atoms with Gasteiger partial charge in [-0.1, -0.05) is 115 Å². The maximum Gasteiger partial charge on any atom is 0.164 e. The summed E-state index contributed by atoms with van der Waals surface area (Å²) in [5, 5.41) is 11.8. The highest BCUT2D eigenvalue weighted by atomic mass is 16.3. The van der Waals surface area contributed by atoms with Gasteiger partial charge < -0.3 is 4.42 Å². The highest BCUT2D eigenvalue weighted by Gasteiger charge is 2.16. The molecule has 10 aromatic rings.